The van der Waals surface area contributed by atoms with E-state index in [1.807, 2.05) is 6.07 Å². The first-order valence-corrected chi connectivity index (χ1v) is 6.25. The molecule has 2 N–H and O–H groups in total. The van der Waals surface area contributed by atoms with Gasteiger partial charge in [-0.2, -0.15) is 0 Å². The predicted molar refractivity (Wildman–Crippen MR) is 66.4 cm³/mol. The molecule has 3 aliphatic heterocycles. The lowest BCUT2D eigenvalue weighted by atomic mass is 9.90. The van der Waals surface area contributed by atoms with Gasteiger partial charge in [-0.05, 0) is 24.6 Å². The number of hydrogen-bond donors (Lipinski definition) is 2. The number of hydrogen-bond acceptors (Lipinski definition) is 3. The summed E-state index contributed by atoms with van der Waals surface area (Å²) < 4.78 is 0. The highest BCUT2D eigenvalue weighted by atomic mass is 16.2. The third-order valence-electron chi connectivity index (χ3n) is 4.19. The number of carbonyl (C=O) groups is 1. The van der Waals surface area contributed by atoms with Crippen molar-refractivity contribution in [3.63, 3.8) is 0 Å². The molecule has 17 heavy (non-hydrogen) atoms. The average Bonchev–Trinajstić information content (AvgIpc) is 2.67. The van der Waals surface area contributed by atoms with E-state index in [0.717, 1.165) is 25.2 Å². The molecule has 0 saturated carbocycles. The van der Waals surface area contributed by atoms with Gasteiger partial charge < -0.3 is 15.5 Å². The highest BCUT2D eigenvalue weighted by Crippen LogP contribution is 2.48. The summed E-state index contributed by atoms with van der Waals surface area (Å²) in [7, 11) is 0. The minimum Gasteiger partial charge on any atom is -0.357 e. The largest absolute Gasteiger partial charge is 0.357 e. The zero-order chi connectivity index (χ0) is 11.4. The molecule has 1 aromatic carbocycles. The summed E-state index contributed by atoms with van der Waals surface area (Å²) in [5.74, 6) is 0.667. The number of rotatable bonds is 0. The fraction of sp³-hybridized carbons (Fsp3) is 0.462. The van der Waals surface area contributed by atoms with Gasteiger partial charge in [0.15, 0.2) is 0 Å². The summed E-state index contributed by atoms with van der Waals surface area (Å²) in [6.07, 6.45) is 1.13. The standard InChI is InChI=1S/C13H15N3O/c17-12-7-16-11-4-5-14-6-9(11)8-2-1-3-10(15-12)13(8)16/h1-3,9,11,14H,4-7H2,(H,15,17)/t9-,11?/m0/s1. The van der Waals surface area contributed by atoms with Gasteiger partial charge in [0.25, 0.3) is 0 Å². The Morgan fingerprint density at radius 1 is 1.35 bits per heavy atom. The summed E-state index contributed by atoms with van der Waals surface area (Å²) >= 11 is 0. The molecule has 1 saturated heterocycles. The molecule has 4 heteroatoms. The molecule has 4 nitrogen and oxygen atoms in total. The van der Waals surface area contributed by atoms with Crippen LogP contribution in [-0.4, -0.2) is 31.6 Å². The maximum atomic E-state index is 11.7. The minimum absolute atomic E-state index is 0.119. The van der Waals surface area contributed by atoms with Crippen molar-refractivity contribution in [1.29, 1.82) is 0 Å². The van der Waals surface area contributed by atoms with Gasteiger partial charge in [0.2, 0.25) is 5.91 Å². The van der Waals surface area contributed by atoms with E-state index in [9.17, 15) is 4.79 Å². The third-order valence-corrected chi connectivity index (χ3v) is 4.19. The van der Waals surface area contributed by atoms with Crippen molar-refractivity contribution in [2.75, 3.05) is 29.9 Å². The van der Waals surface area contributed by atoms with E-state index in [1.165, 1.54) is 11.3 Å². The van der Waals surface area contributed by atoms with Crippen LogP contribution >= 0.6 is 0 Å². The Hall–Kier alpha value is -1.55. The first-order chi connectivity index (χ1) is 8.34. The average molecular weight is 229 g/mol. The van der Waals surface area contributed by atoms with Gasteiger partial charge in [-0.25, -0.2) is 0 Å². The van der Waals surface area contributed by atoms with Crippen LogP contribution in [-0.2, 0) is 4.79 Å². The molecule has 4 rings (SSSR count). The van der Waals surface area contributed by atoms with Crippen LogP contribution in [0.3, 0.4) is 0 Å². The Morgan fingerprint density at radius 3 is 3.24 bits per heavy atom. The Kier molecular flexibility index (Phi) is 1.80. The second-order valence-electron chi connectivity index (χ2n) is 5.09. The maximum absolute atomic E-state index is 11.7. The molecule has 0 radical (unpaired) electrons. The van der Waals surface area contributed by atoms with Crippen LogP contribution in [0.5, 0.6) is 0 Å². The van der Waals surface area contributed by atoms with Crippen LogP contribution in [0.15, 0.2) is 18.2 Å². The van der Waals surface area contributed by atoms with E-state index in [1.54, 1.807) is 0 Å². The van der Waals surface area contributed by atoms with Gasteiger partial charge in [-0.3, -0.25) is 4.79 Å². The number of benzene rings is 1. The lowest BCUT2D eigenvalue weighted by molar-refractivity contribution is -0.115. The second kappa shape index (κ2) is 3.23. The van der Waals surface area contributed by atoms with Crippen molar-refractivity contribution in [1.82, 2.24) is 5.32 Å². The zero-order valence-electron chi connectivity index (χ0n) is 9.57. The molecular weight excluding hydrogens is 214 g/mol. The number of carbonyl (C=O) groups excluding carboxylic acids is 1. The van der Waals surface area contributed by atoms with E-state index in [4.69, 9.17) is 0 Å². The molecule has 1 unspecified atom stereocenters. The SMILES string of the molecule is O=C1CN2c3c(cccc3[C@@H]3CNCCC32)N1. The summed E-state index contributed by atoms with van der Waals surface area (Å²) in [5, 5.41) is 6.44. The lowest BCUT2D eigenvalue weighted by Gasteiger charge is -2.35. The topological polar surface area (TPSA) is 44.4 Å². The molecule has 3 aliphatic rings. The second-order valence-corrected chi connectivity index (χ2v) is 5.09. The van der Waals surface area contributed by atoms with Crippen molar-refractivity contribution in [2.24, 2.45) is 0 Å². The molecule has 0 bridgehead atoms. The molecule has 88 valence electrons. The number of fused-ring (bicyclic) bond motifs is 3. The highest BCUT2D eigenvalue weighted by molar-refractivity contribution is 6.03. The van der Waals surface area contributed by atoms with Crippen LogP contribution in [0.2, 0.25) is 0 Å². The van der Waals surface area contributed by atoms with Crippen molar-refractivity contribution in [3.8, 4) is 0 Å². The normalized spacial score (nSPS) is 29.6. The zero-order valence-corrected chi connectivity index (χ0v) is 9.57. The third kappa shape index (κ3) is 1.19. The van der Waals surface area contributed by atoms with Crippen LogP contribution < -0.4 is 15.5 Å². The van der Waals surface area contributed by atoms with E-state index in [-0.39, 0.29) is 5.91 Å². The number of piperidine rings is 1. The Bertz CT molecular complexity index is 499. The maximum Gasteiger partial charge on any atom is 0.243 e. The molecule has 1 aromatic rings. The van der Waals surface area contributed by atoms with Crippen molar-refractivity contribution in [2.45, 2.75) is 18.4 Å². The first kappa shape index (κ1) is 9.48. The Labute approximate surface area is 100.0 Å². The summed E-state index contributed by atoms with van der Waals surface area (Å²) in [6.45, 7) is 2.61. The Balaban J connectivity index is 1.90. The predicted octanol–water partition coefficient (Wildman–Crippen LogP) is 0.904. The monoisotopic (exact) mass is 229 g/mol. The minimum atomic E-state index is 0.119. The van der Waals surface area contributed by atoms with Gasteiger partial charge in [-0.15, -0.1) is 0 Å². The molecule has 0 spiro atoms. The summed E-state index contributed by atoms with van der Waals surface area (Å²) in [4.78, 5) is 14.0. The summed E-state index contributed by atoms with van der Waals surface area (Å²) in [5.41, 5.74) is 3.67. The molecule has 0 aliphatic carbocycles. The molecule has 1 amide bonds. The molecule has 0 aromatic heterocycles. The molecule has 2 atom stereocenters. The van der Waals surface area contributed by atoms with E-state index in [2.05, 4.69) is 27.7 Å². The number of para-hydroxylation sites is 1. The van der Waals surface area contributed by atoms with Gasteiger partial charge in [-0.1, -0.05) is 12.1 Å². The molecular formula is C13H15N3O. The highest BCUT2D eigenvalue weighted by Gasteiger charge is 2.43. The number of anilines is 2. The van der Waals surface area contributed by atoms with E-state index >= 15 is 0 Å². The van der Waals surface area contributed by atoms with Gasteiger partial charge in [0.05, 0.1) is 17.9 Å². The van der Waals surface area contributed by atoms with Crippen LogP contribution in [0.4, 0.5) is 11.4 Å². The van der Waals surface area contributed by atoms with Crippen LogP contribution in [0, 0.1) is 0 Å². The van der Waals surface area contributed by atoms with Crippen molar-refractivity contribution < 1.29 is 4.79 Å². The quantitative estimate of drug-likeness (QED) is 0.695. The Morgan fingerprint density at radius 2 is 2.29 bits per heavy atom. The summed E-state index contributed by atoms with van der Waals surface area (Å²) in [6, 6.07) is 6.78. The smallest absolute Gasteiger partial charge is 0.243 e. The van der Waals surface area contributed by atoms with Gasteiger partial charge in [0.1, 0.15) is 0 Å². The lowest BCUT2D eigenvalue weighted by Crippen LogP contribution is -2.48. The number of amides is 1. The van der Waals surface area contributed by atoms with Crippen molar-refractivity contribution >= 4 is 17.3 Å². The van der Waals surface area contributed by atoms with E-state index < -0.39 is 0 Å². The van der Waals surface area contributed by atoms with Crippen LogP contribution in [0.1, 0.15) is 17.9 Å². The first-order valence-electron chi connectivity index (χ1n) is 6.25. The van der Waals surface area contributed by atoms with Crippen LogP contribution in [0.25, 0.3) is 0 Å². The van der Waals surface area contributed by atoms with E-state index in [0.29, 0.717) is 18.5 Å². The fourth-order valence-electron chi connectivity index (χ4n) is 3.52. The number of nitrogens with one attached hydrogen (secondary N) is 2. The number of nitrogens with zero attached hydrogens (tertiary/aromatic N) is 1. The molecule has 1 fully saturated rings. The fourth-order valence-corrected chi connectivity index (χ4v) is 3.52. The molecule has 3 heterocycles. The van der Waals surface area contributed by atoms with Gasteiger partial charge in [0, 0.05) is 18.5 Å². The van der Waals surface area contributed by atoms with Crippen molar-refractivity contribution in [3.05, 3.63) is 23.8 Å². The van der Waals surface area contributed by atoms with Gasteiger partial charge >= 0.3 is 0 Å².